The van der Waals surface area contributed by atoms with E-state index in [1.54, 1.807) is 0 Å². The molecule has 3 fully saturated rings. The summed E-state index contributed by atoms with van der Waals surface area (Å²) >= 11 is 0. The second kappa shape index (κ2) is 5.96. The summed E-state index contributed by atoms with van der Waals surface area (Å²) in [5.74, 6) is 1.89. The fraction of sp³-hybridized carbons (Fsp3) is 0.818. The topological polar surface area (TPSA) is 43.4 Å². The molecule has 3 saturated carbocycles. The smallest absolute Gasteiger partial charge is 0.305 e. The quantitative estimate of drug-likeness (QED) is 0.673. The molecule has 0 aliphatic heterocycles. The summed E-state index contributed by atoms with van der Waals surface area (Å²) in [6.45, 7) is 6.73. The van der Waals surface area contributed by atoms with E-state index in [0.29, 0.717) is 36.0 Å². The van der Waals surface area contributed by atoms with Crippen LogP contribution in [0.25, 0.3) is 0 Å². The van der Waals surface area contributed by atoms with Crippen LogP contribution in [0.15, 0.2) is 11.6 Å². The van der Waals surface area contributed by atoms with E-state index in [2.05, 4.69) is 13.8 Å². The van der Waals surface area contributed by atoms with Crippen molar-refractivity contribution in [3.05, 3.63) is 11.6 Å². The van der Waals surface area contributed by atoms with E-state index < -0.39 is 0 Å². The summed E-state index contributed by atoms with van der Waals surface area (Å²) in [6.07, 6.45) is 11.2. The monoisotopic (exact) mass is 344 g/mol. The fourth-order valence-corrected chi connectivity index (χ4v) is 6.86. The third kappa shape index (κ3) is 2.61. The molecule has 0 aromatic heterocycles. The number of hydrogen-bond acceptors (Lipinski definition) is 3. The third-order valence-electron chi connectivity index (χ3n) is 8.31. The van der Waals surface area contributed by atoms with Crippen LogP contribution in [-0.4, -0.2) is 17.9 Å². The van der Waals surface area contributed by atoms with Gasteiger partial charge < -0.3 is 4.74 Å². The van der Waals surface area contributed by atoms with Gasteiger partial charge in [0, 0.05) is 25.2 Å². The molecule has 138 valence electrons. The first-order chi connectivity index (χ1) is 11.9. The van der Waals surface area contributed by atoms with Crippen molar-refractivity contribution in [1.29, 1.82) is 0 Å². The second-order valence-corrected chi connectivity index (χ2v) is 9.51. The molecule has 0 bridgehead atoms. The van der Waals surface area contributed by atoms with Crippen LogP contribution < -0.4 is 0 Å². The Bertz CT molecular complexity index is 621. The molecule has 0 radical (unpaired) electrons. The van der Waals surface area contributed by atoms with Gasteiger partial charge in [0.1, 0.15) is 6.10 Å². The van der Waals surface area contributed by atoms with Gasteiger partial charge in [0.25, 0.3) is 0 Å². The lowest BCUT2D eigenvalue weighted by molar-refractivity contribution is -0.166. The number of hydrogen-bond donors (Lipinski definition) is 0. The molecule has 1 unspecified atom stereocenters. The van der Waals surface area contributed by atoms with Crippen molar-refractivity contribution >= 4 is 11.8 Å². The number of carbonyl (C=O) groups is 2. The van der Waals surface area contributed by atoms with Gasteiger partial charge in [-0.25, -0.2) is 0 Å². The highest BCUT2D eigenvalue weighted by molar-refractivity contribution is 5.91. The Hall–Kier alpha value is -1.12. The Morgan fingerprint density at radius 1 is 1.20 bits per heavy atom. The highest BCUT2D eigenvalue weighted by Gasteiger charge is 2.59. The Morgan fingerprint density at radius 3 is 2.76 bits per heavy atom. The van der Waals surface area contributed by atoms with E-state index in [0.717, 1.165) is 12.8 Å². The minimum Gasteiger partial charge on any atom is -0.462 e. The van der Waals surface area contributed by atoms with Crippen molar-refractivity contribution in [2.24, 2.45) is 28.6 Å². The summed E-state index contributed by atoms with van der Waals surface area (Å²) in [6, 6.07) is 0. The van der Waals surface area contributed by atoms with Gasteiger partial charge in [0.15, 0.2) is 5.78 Å². The van der Waals surface area contributed by atoms with Crippen molar-refractivity contribution in [2.45, 2.75) is 84.7 Å². The zero-order chi connectivity index (χ0) is 17.8. The lowest BCUT2D eigenvalue weighted by Gasteiger charge is -2.59. The van der Waals surface area contributed by atoms with E-state index in [-0.39, 0.29) is 23.3 Å². The average molecular weight is 344 g/mol. The highest BCUT2D eigenvalue weighted by atomic mass is 16.5. The van der Waals surface area contributed by atoms with E-state index in [9.17, 15) is 9.59 Å². The summed E-state index contributed by atoms with van der Waals surface area (Å²) in [5.41, 5.74) is 1.83. The normalized spacial score (nSPS) is 45.9. The Labute approximate surface area is 151 Å². The number of ether oxygens (including phenoxy) is 1. The Kier molecular flexibility index (Phi) is 4.12. The molecule has 6 atom stereocenters. The van der Waals surface area contributed by atoms with E-state index >= 15 is 0 Å². The van der Waals surface area contributed by atoms with E-state index in [4.69, 9.17) is 4.74 Å². The van der Waals surface area contributed by atoms with E-state index in [1.165, 1.54) is 37.7 Å². The predicted molar refractivity (Wildman–Crippen MR) is 96.9 cm³/mol. The van der Waals surface area contributed by atoms with Gasteiger partial charge in [-0.1, -0.05) is 32.8 Å². The van der Waals surface area contributed by atoms with Gasteiger partial charge in [-0.15, -0.1) is 0 Å². The molecule has 0 spiro atoms. The van der Waals surface area contributed by atoms with E-state index in [1.807, 2.05) is 13.0 Å². The van der Waals surface area contributed by atoms with Gasteiger partial charge in [0.2, 0.25) is 0 Å². The maximum atomic E-state index is 12.1. The molecule has 0 aromatic rings. The molecule has 0 heterocycles. The fourth-order valence-electron chi connectivity index (χ4n) is 6.86. The van der Waals surface area contributed by atoms with Crippen molar-refractivity contribution in [3.63, 3.8) is 0 Å². The van der Waals surface area contributed by atoms with Crippen molar-refractivity contribution < 1.29 is 14.3 Å². The Balaban J connectivity index is 1.74. The van der Waals surface area contributed by atoms with Crippen LogP contribution in [0.5, 0.6) is 0 Å². The molecule has 0 N–H and O–H groups in total. The third-order valence-corrected chi connectivity index (χ3v) is 8.31. The van der Waals surface area contributed by atoms with Crippen molar-refractivity contribution in [1.82, 2.24) is 0 Å². The van der Waals surface area contributed by atoms with Gasteiger partial charge in [-0.05, 0) is 60.8 Å². The van der Waals surface area contributed by atoms with Crippen LogP contribution in [-0.2, 0) is 14.3 Å². The molecule has 3 heteroatoms. The first kappa shape index (κ1) is 17.3. The number of carbonyl (C=O) groups excluding carboxylic acids is 2. The number of ketones is 1. The summed E-state index contributed by atoms with van der Waals surface area (Å²) in [5, 5.41) is 0. The zero-order valence-corrected chi connectivity index (χ0v) is 16.0. The highest BCUT2D eigenvalue weighted by Crippen LogP contribution is 2.65. The lowest BCUT2D eigenvalue weighted by Crippen LogP contribution is -2.55. The van der Waals surface area contributed by atoms with Crippen LogP contribution in [0, 0.1) is 28.6 Å². The lowest BCUT2D eigenvalue weighted by atomic mass is 9.47. The summed E-state index contributed by atoms with van der Waals surface area (Å²) in [7, 11) is 0. The van der Waals surface area contributed by atoms with Crippen LogP contribution in [0.3, 0.4) is 0 Å². The molecule has 4 rings (SSSR count). The minimum absolute atomic E-state index is 0.0228. The van der Waals surface area contributed by atoms with Gasteiger partial charge in [-0.3, -0.25) is 9.59 Å². The first-order valence-electron chi connectivity index (χ1n) is 10.3. The SMILES string of the molecule is CCC(=O)OC1CC2=CC(=O)CC[C@]2(C)[C@H]2CC[C@]3(C)CCC[C@H]3[C@H]12. The van der Waals surface area contributed by atoms with Crippen molar-refractivity contribution in [2.75, 3.05) is 0 Å². The number of rotatable bonds is 2. The van der Waals surface area contributed by atoms with Crippen LogP contribution in [0.2, 0.25) is 0 Å². The predicted octanol–water partition coefficient (Wildman–Crippen LogP) is 4.84. The molecular weight excluding hydrogens is 312 g/mol. The van der Waals surface area contributed by atoms with Gasteiger partial charge >= 0.3 is 5.97 Å². The number of esters is 1. The molecule has 4 aliphatic rings. The average Bonchev–Trinajstić information content (AvgIpc) is 2.97. The zero-order valence-electron chi connectivity index (χ0n) is 16.0. The summed E-state index contributed by atoms with van der Waals surface area (Å²) < 4.78 is 6.00. The molecular formula is C22H32O3. The molecule has 0 saturated heterocycles. The van der Waals surface area contributed by atoms with Crippen LogP contribution >= 0.6 is 0 Å². The van der Waals surface area contributed by atoms with Crippen molar-refractivity contribution in [3.8, 4) is 0 Å². The van der Waals surface area contributed by atoms with Gasteiger partial charge in [0.05, 0.1) is 0 Å². The largest absolute Gasteiger partial charge is 0.462 e. The molecule has 25 heavy (non-hydrogen) atoms. The van der Waals surface area contributed by atoms with Gasteiger partial charge in [-0.2, -0.15) is 0 Å². The standard InChI is InChI=1S/C22H32O3/c1-4-19(24)25-18-13-14-12-15(23)7-11-22(14,3)17-8-10-21(2)9-5-6-16(21)20(17)18/h12,16-18,20H,4-11,13H2,1-3H3/t16-,17-,18?,20-,21-,22-/m0/s1. The molecule has 0 amide bonds. The maximum Gasteiger partial charge on any atom is 0.305 e. The molecule has 3 nitrogen and oxygen atoms in total. The molecule has 4 aliphatic carbocycles. The van der Waals surface area contributed by atoms with Crippen LogP contribution in [0.4, 0.5) is 0 Å². The Morgan fingerprint density at radius 2 is 2.00 bits per heavy atom. The van der Waals surface area contributed by atoms with Crippen LogP contribution in [0.1, 0.15) is 78.6 Å². The minimum atomic E-state index is -0.0830. The first-order valence-corrected chi connectivity index (χ1v) is 10.3. The summed E-state index contributed by atoms with van der Waals surface area (Å²) in [4.78, 5) is 24.2. The molecule has 0 aromatic carbocycles. The number of fused-ring (bicyclic) bond motifs is 5. The second-order valence-electron chi connectivity index (χ2n) is 9.51. The maximum absolute atomic E-state index is 12.1.